The summed E-state index contributed by atoms with van der Waals surface area (Å²) in [7, 11) is -3.23. The zero-order valence-electron chi connectivity index (χ0n) is 17.8. The molecule has 0 radical (unpaired) electrons. The number of nitrogens with one attached hydrogen (secondary N) is 1. The summed E-state index contributed by atoms with van der Waals surface area (Å²) in [6.07, 6.45) is 10.1. The lowest BCUT2D eigenvalue weighted by Gasteiger charge is -2.16. The van der Waals surface area contributed by atoms with Crippen LogP contribution in [0.5, 0.6) is 5.75 Å². The zero-order valence-corrected chi connectivity index (χ0v) is 18.6. The Morgan fingerprint density at radius 3 is 2.71 bits per heavy atom. The van der Waals surface area contributed by atoms with E-state index >= 15 is 0 Å². The number of aromatic nitrogens is 2. The number of nitrogens with zero attached hydrogens (tertiary/aromatic N) is 1. The van der Waals surface area contributed by atoms with Crippen molar-refractivity contribution in [3.05, 3.63) is 75.1 Å². The molecule has 8 heteroatoms. The van der Waals surface area contributed by atoms with Crippen LogP contribution < -0.4 is 16.0 Å². The first-order valence-corrected chi connectivity index (χ1v) is 12.6. The fourth-order valence-corrected chi connectivity index (χ4v) is 5.41. The molecule has 2 aromatic rings. The van der Waals surface area contributed by atoms with E-state index in [4.69, 9.17) is 4.74 Å². The van der Waals surface area contributed by atoms with Gasteiger partial charge in [0.25, 0.3) is 5.56 Å². The fraction of sp³-hybridized carbons (Fsp3) is 0.478. The van der Waals surface area contributed by atoms with Crippen molar-refractivity contribution in [3.8, 4) is 5.75 Å². The lowest BCUT2D eigenvalue weighted by molar-refractivity contribution is 0.210. The average molecular weight is 447 g/mol. The molecule has 168 valence electrons. The second kappa shape index (κ2) is 10.6. The van der Waals surface area contributed by atoms with Gasteiger partial charge in [0.1, 0.15) is 5.75 Å². The molecule has 1 heterocycles. The standard InChI is InChI=1S/C23H30N2O5S/c1-18(19-8-7-11-21(16-19)30-20-9-3-4-10-20)17-31(28,29)15-6-2-5-13-25-14-12-22(26)24-23(25)27/h2,5,7-8,11-12,14,16,18,20H,3-4,6,9-10,13,15,17H2,1H3,(H,24,26,27)/b5-2+/t18-/m0/s1. The molecule has 7 nitrogen and oxygen atoms in total. The Morgan fingerprint density at radius 1 is 1.19 bits per heavy atom. The zero-order chi connectivity index (χ0) is 22.3. The maximum Gasteiger partial charge on any atom is 0.328 e. The van der Waals surface area contributed by atoms with Crippen molar-refractivity contribution >= 4 is 9.84 Å². The highest BCUT2D eigenvalue weighted by Gasteiger charge is 2.19. The molecular formula is C23H30N2O5S. The molecule has 0 aliphatic heterocycles. The van der Waals surface area contributed by atoms with Gasteiger partial charge >= 0.3 is 5.69 Å². The van der Waals surface area contributed by atoms with Crippen LogP contribution in [-0.4, -0.2) is 35.6 Å². The Hall–Kier alpha value is -2.61. The summed E-state index contributed by atoms with van der Waals surface area (Å²) < 4.78 is 32.5. The molecule has 1 atom stereocenters. The molecule has 0 unspecified atom stereocenters. The van der Waals surface area contributed by atoms with Crippen LogP contribution in [-0.2, 0) is 16.4 Å². The van der Waals surface area contributed by atoms with Crippen LogP contribution in [0.3, 0.4) is 0 Å². The number of ether oxygens (including phenoxy) is 1. The second-order valence-corrected chi connectivity index (χ2v) is 10.4. The average Bonchev–Trinajstić information content (AvgIpc) is 3.22. The van der Waals surface area contributed by atoms with E-state index in [9.17, 15) is 18.0 Å². The minimum atomic E-state index is -3.23. The topological polar surface area (TPSA) is 98.2 Å². The third-order valence-electron chi connectivity index (χ3n) is 5.50. The van der Waals surface area contributed by atoms with Crippen molar-refractivity contribution in [3.63, 3.8) is 0 Å². The van der Waals surface area contributed by atoms with Crippen LogP contribution in [0.2, 0.25) is 0 Å². The van der Waals surface area contributed by atoms with Crippen molar-refractivity contribution < 1.29 is 13.2 Å². The smallest absolute Gasteiger partial charge is 0.328 e. The first-order valence-electron chi connectivity index (χ1n) is 10.7. The molecule has 3 rings (SSSR count). The third-order valence-corrected chi connectivity index (χ3v) is 7.36. The summed E-state index contributed by atoms with van der Waals surface area (Å²) in [6.45, 7) is 2.20. The Morgan fingerprint density at radius 2 is 1.97 bits per heavy atom. The van der Waals surface area contributed by atoms with Gasteiger partial charge in [0.2, 0.25) is 0 Å². The van der Waals surface area contributed by atoms with E-state index in [-0.39, 0.29) is 30.1 Å². The Kier molecular flexibility index (Phi) is 7.90. The van der Waals surface area contributed by atoms with E-state index in [1.54, 1.807) is 12.2 Å². The van der Waals surface area contributed by atoms with Gasteiger partial charge in [0.15, 0.2) is 9.84 Å². The van der Waals surface area contributed by atoms with Gasteiger partial charge in [-0.2, -0.15) is 0 Å². The number of H-pyrrole nitrogens is 1. The van der Waals surface area contributed by atoms with E-state index in [0.717, 1.165) is 24.2 Å². The normalized spacial score (nSPS) is 16.0. The maximum atomic E-state index is 12.5. The minimum absolute atomic E-state index is 0.0482. The summed E-state index contributed by atoms with van der Waals surface area (Å²) in [4.78, 5) is 24.8. The van der Waals surface area contributed by atoms with Gasteiger partial charge in [-0.05, 0) is 55.7 Å². The Bertz CT molecular complexity index is 1110. The molecule has 31 heavy (non-hydrogen) atoms. The van der Waals surface area contributed by atoms with Crippen LogP contribution in [0.15, 0.2) is 58.3 Å². The fourth-order valence-electron chi connectivity index (χ4n) is 3.80. The SMILES string of the molecule is C[C@@H](CS(=O)(=O)CC/C=C/Cn1ccc(=O)[nH]c1=O)c1cccc(OC2CCCC2)c1. The van der Waals surface area contributed by atoms with Crippen LogP contribution in [0.25, 0.3) is 0 Å². The largest absolute Gasteiger partial charge is 0.490 e. The molecule has 0 bridgehead atoms. The van der Waals surface area contributed by atoms with E-state index in [1.807, 2.05) is 31.2 Å². The lowest BCUT2D eigenvalue weighted by atomic mass is 10.0. The predicted octanol–water partition coefficient (Wildman–Crippen LogP) is 3.02. The van der Waals surface area contributed by atoms with Gasteiger partial charge in [0, 0.05) is 18.8 Å². The number of benzene rings is 1. The first-order chi connectivity index (χ1) is 14.8. The Balaban J connectivity index is 1.49. The van der Waals surface area contributed by atoms with Crippen molar-refractivity contribution in [1.29, 1.82) is 0 Å². The summed E-state index contributed by atoms with van der Waals surface area (Å²) in [5.41, 5.74) is 0.0332. The molecule has 0 spiro atoms. The monoisotopic (exact) mass is 446 g/mol. The second-order valence-electron chi connectivity index (χ2n) is 8.13. The predicted molar refractivity (Wildman–Crippen MR) is 121 cm³/mol. The molecule has 0 amide bonds. The maximum absolute atomic E-state index is 12.5. The van der Waals surface area contributed by atoms with Gasteiger partial charge in [-0.25, -0.2) is 13.2 Å². The van der Waals surface area contributed by atoms with E-state index in [0.29, 0.717) is 6.42 Å². The summed E-state index contributed by atoms with van der Waals surface area (Å²) in [5.74, 6) is 0.814. The highest BCUT2D eigenvalue weighted by Crippen LogP contribution is 2.27. The number of hydrogen-bond acceptors (Lipinski definition) is 5. The number of rotatable bonds is 10. The van der Waals surface area contributed by atoms with E-state index in [2.05, 4.69) is 4.98 Å². The van der Waals surface area contributed by atoms with E-state index < -0.39 is 21.1 Å². The summed E-state index contributed by atoms with van der Waals surface area (Å²) in [5, 5.41) is 0. The van der Waals surface area contributed by atoms with E-state index in [1.165, 1.54) is 29.7 Å². The quantitative estimate of drug-likeness (QED) is 0.566. The van der Waals surface area contributed by atoms with Crippen LogP contribution in [0.1, 0.15) is 50.5 Å². The number of aromatic amines is 1. The van der Waals surface area contributed by atoms with Crippen molar-refractivity contribution in [2.45, 2.75) is 57.6 Å². The molecular weight excluding hydrogens is 416 g/mol. The highest BCUT2D eigenvalue weighted by molar-refractivity contribution is 7.91. The molecule has 1 saturated carbocycles. The molecule has 1 aromatic heterocycles. The highest BCUT2D eigenvalue weighted by atomic mass is 32.2. The number of sulfone groups is 1. The van der Waals surface area contributed by atoms with Crippen LogP contribution >= 0.6 is 0 Å². The summed E-state index contributed by atoms with van der Waals surface area (Å²) >= 11 is 0. The van der Waals surface area contributed by atoms with Crippen LogP contribution in [0, 0.1) is 0 Å². The minimum Gasteiger partial charge on any atom is -0.490 e. The van der Waals surface area contributed by atoms with Gasteiger partial charge in [-0.1, -0.05) is 31.2 Å². The lowest BCUT2D eigenvalue weighted by Crippen LogP contribution is -2.28. The molecule has 0 saturated heterocycles. The molecule has 1 aliphatic rings. The van der Waals surface area contributed by atoms with Crippen LogP contribution in [0.4, 0.5) is 0 Å². The van der Waals surface area contributed by atoms with Crippen molar-refractivity contribution in [2.24, 2.45) is 0 Å². The van der Waals surface area contributed by atoms with Crippen molar-refractivity contribution in [1.82, 2.24) is 9.55 Å². The molecule has 1 N–H and O–H groups in total. The van der Waals surface area contributed by atoms with Gasteiger partial charge in [0.05, 0.1) is 17.6 Å². The Labute approximate surface area is 182 Å². The molecule has 1 aliphatic carbocycles. The molecule has 1 aromatic carbocycles. The van der Waals surface area contributed by atoms with Gasteiger partial charge in [-0.15, -0.1) is 0 Å². The number of allylic oxidation sites excluding steroid dienone is 2. The summed E-state index contributed by atoms with van der Waals surface area (Å²) in [6, 6.07) is 9.03. The third kappa shape index (κ3) is 7.24. The van der Waals surface area contributed by atoms with Crippen molar-refractivity contribution in [2.75, 3.05) is 11.5 Å². The van der Waals surface area contributed by atoms with Gasteiger partial charge in [-0.3, -0.25) is 14.3 Å². The molecule has 1 fully saturated rings. The number of hydrogen-bond donors (Lipinski definition) is 1. The van der Waals surface area contributed by atoms with Gasteiger partial charge < -0.3 is 4.74 Å². The first kappa shape index (κ1) is 23.1.